The highest BCUT2D eigenvalue weighted by atomic mass is 16.4. The van der Waals surface area contributed by atoms with Crippen LogP contribution in [0.25, 0.3) is 55.4 Å². The van der Waals surface area contributed by atoms with Crippen LogP contribution in [0.4, 0.5) is 0 Å². The lowest BCUT2D eigenvalue weighted by Crippen LogP contribution is -2.06. The summed E-state index contributed by atoms with van der Waals surface area (Å²) < 4.78 is 6.86. The van der Waals surface area contributed by atoms with Crippen molar-refractivity contribution in [2.24, 2.45) is 19.3 Å². The molecule has 0 unspecified atom stereocenters. The van der Waals surface area contributed by atoms with Crippen LogP contribution < -0.4 is 0 Å². The Balaban J connectivity index is 0.000000152. The molecule has 0 radical (unpaired) electrons. The molecule has 2 aromatic carbocycles. The molecule has 10 aromatic rings. The van der Waals surface area contributed by atoms with E-state index in [9.17, 15) is 4.79 Å². The molecule has 1 N–H and O–H groups in total. The van der Waals surface area contributed by atoms with Crippen LogP contribution in [-0.2, 0) is 26.9 Å². The third kappa shape index (κ3) is 7.46. The number of hydrogen-bond donors (Lipinski definition) is 1. The SMILES string of the molecule is C/C(=N\O)c1ccc2nnc(Cc3ccc4ncc(-c5cnn(C)c5)cc4c3)n2n1.CC(=O)c1ccc2nnc(Cc3ccc4ncc(-c5cnn(C)c5)cc4c3)n2n1. The Morgan fingerprint density at radius 2 is 1.08 bits per heavy atom. The summed E-state index contributed by atoms with van der Waals surface area (Å²) in [5.74, 6) is 1.29. The Kier molecular flexibility index (Phi) is 9.36. The first-order valence-corrected chi connectivity index (χ1v) is 18.6. The molecule has 0 amide bonds. The number of aryl methyl sites for hydroxylation is 2. The van der Waals surface area contributed by atoms with Gasteiger partial charge in [-0.2, -0.15) is 29.4 Å². The summed E-state index contributed by atoms with van der Waals surface area (Å²) >= 11 is 0. The second-order valence-electron chi connectivity index (χ2n) is 14.1. The van der Waals surface area contributed by atoms with E-state index in [-0.39, 0.29) is 5.78 Å². The van der Waals surface area contributed by atoms with E-state index >= 15 is 0 Å². The monoisotopic (exact) mass is 781 g/mol. The van der Waals surface area contributed by atoms with E-state index in [1.807, 2.05) is 75.5 Å². The Bertz CT molecular complexity index is 3230. The standard InChI is InChI=1S/C21H18N8O.C21H17N7O/c1-13(27-30)18-5-6-20-24-25-21(29(20)26-18)8-14-3-4-19-15(7-14)9-16(10-22-19)17-11-23-28(2)12-17;1-13(29)18-5-6-20-24-25-21(28(20)26-18)8-14-3-4-19-15(7-14)9-16(10-22-19)17-11-23-27(2)12-17/h3-7,9-12,30H,8H2,1-2H3;3-7,9-12H,8H2,1-2H3/b27-13+;. The molecule has 10 rings (SSSR count). The van der Waals surface area contributed by atoms with E-state index in [0.29, 0.717) is 52.9 Å². The maximum absolute atomic E-state index is 11.6. The van der Waals surface area contributed by atoms with Gasteiger partial charge in [-0.1, -0.05) is 17.3 Å². The Labute approximate surface area is 335 Å². The Morgan fingerprint density at radius 3 is 1.54 bits per heavy atom. The summed E-state index contributed by atoms with van der Waals surface area (Å²) in [4.78, 5) is 20.8. The molecule has 59 heavy (non-hydrogen) atoms. The highest BCUT2D eigenvalue weighted by molar-refractivity contribution is 5.96. The van der Waals surface area contributed by atoms with E-state index in [1.165, 1.54) is 6.92 Å². The fourth-order valence-corrected chi connectivity index (χ4v) is 6.72. The van der Waals surface area contributed by atoms with Crippen LogP contribution in [0.2, 0.25) is 0 Å². The highest BCUT2D eigenvalue weighted by Gasteiger charge is 2.13. The number of aromatic nitrogens is 14. The average molecular weight is 782 g/mol. The van der Waals surface area contributed by atoms with Crippen LogP contribution >= 0.6 is 0 Å². The van der Waals surface area contributed by atoms with Crippen molar-refractivity contribution in [3.05, 3.63) is 144 Å². The molecule has 290 valence electrons. The van der Waals surface area contributed by atoms with Gasteiger partial charge in [-0.15, -0.1) is 20.4 Å². The number of ketones is 1. The molecular weight excluding hydrogens is 747 g/mol. The van der Waals surface area contributed by atoms with Gasteiger partial charge in [0.15, 0.2) is 28.7 Å². The van der Waals surface area contributed by atoms with Gasteiger partial charge in [-0.25, -0.2) is 0 Å². The van der Waals surface area contributed by atoms with Gasteiger partial charge in [-0.05, 0) is 78.7 Å². The molecular formula is C42H35N15O2. The molecule has 0 fully saturated rings. The number of benzene rings is 2. The maximum atomic E-state index is 11.6. The molecule has 0 aliphatic heterocycles. The largest absolute Gasteiger partial charge is 0.411 e. The maximum Gasteiger partial charge on any atom is 0.179 e. The van der Waals surface area contributed by atoms with Gasteiger partial charge in [0.2, 0.25) is 0 Å². The second-order valence-corrected chi connectivity index (χ2v) is 14.1. The normalized spacial score (nSPS) is 11.8. The van der Waals surface area contributed by atoms with Crippen LogP contribution in [0.15, 0.2) is 115 Å². The topological polar surface area (TPSA) is 197 Å². The van der Waals surface area contributed by atoms with E-state index in [0.717, 1.165) is 55.2 Å². The van der Waals surface area contributed by atoms with Crippen LogP contribution in [0.1, 0.15) is 52.8 Å². The number of pyridine rings is 2. The van der Waals surface area contributed by atoms with Crippen LogP contribution in [-0.4, -0.2) is 85.9 Å². The molecule has 0 spiro atoms. The number of rotatable bonds is 8. The smallest absolute Gasteiger partial charge is 0.179 e. The zero-order chi connectivity index (χ0) is 40.6. The first-order chi connectivity index (χ1) is 28.7. The number of fused-ring (bicyclic) bond motifs is 4. The molecule has 8 heterocycles. The molecule has 0 bridgehead atoms. The summed E-state index contributed by atoms with van der Waals surface area (Å²) in [6.45, 7) is 3.18. The third-order valence-corrected chi connectivity index (χ3v) is 9.83. The van der Waals surface area contributed by atoms with E-state index < -0.39 is 0 Å². The fourth-order valence-electron chi connectivity index (χ4n) is 6.72. The van der Waals surface area contributed by atoms with Gasteiger partial charge in [0, 0.05) is 91.7 Å². The summed E-state index contributed by atoms with van der Waals surface area (Å²) in [6.07, 6.45) is 12.4. The van der Waals surface area contributed by atoms with Crippen molar-refractivity contribution in [1.82, 2.24) is 69.2 Å². The molecule has 0 saturated carbocycles. The van der Waals surface area contributed by atoms with Crippen molar-refractivity contribution in [3.8, 4) is 22.3 Å². The van der Waals surface area contributed by atoms with Gasteiger partial charge in [0.25, 0.3) is 0 Å². The molecule has 0 saturated heterocycles. The molecule has 0 aliphatic carbocycles. The number of nitrogens with zero attached hydrogens (tertiary/aromatic N) is 15. The first-order valence-electron chi connectivity index (χ1n) is 18.6. The van der Waals surface area contributed by atoms with Gasteiger partial charge in [0.05, 0.1) is 23.4 Å². The van der Waals surface area contributed by atoms with Crippen molar-refractivity contribution in [1.29, 1.82) is 0 Å². The fraction of sp³-hybridized carbons (Fsp3) is 0.143. The Morgan fingerprint density at radius 1 is 0.593 bits per heavy atom. The predicted molar refractivity (Wildman–Crippen MR) is 219 cm³/mol. The van der Waals surface area contributed by atoms with E-state index in [1.54, 1.807) is 49.6 Å². The zero-order valence-corrected chi connectivity index (χ0v) is 32.4. The minimum Gasteiger partial charge on any atom is -0.411 e. The van der Waals surface area contributed by atoms with Crippen molar-refractivity contribution in [3.63, 3.8) is 0 Å². The number of carbonyl (C=O) groups excluding carboxylic acids is 1. The number of oxime groups is 1. The zero-order valence-electron chi connectivity index (χ0n) is 32.4. The molecule has 0 atom stereocenters. The lowest BCUT2D eigenvalue weighted by Gasteiger charge is -2.05. The highest BCUT2D eigenvalue weighted by Crippen LogP contribution is 2.25. The number of hydrogen-bond acceptors (Lipinski definition) is 13. The number of carbonyl (C=O) groups is 1. The van der Waals surface area contributed by atoms with Crippen molar-refractivity contribution in [2.45, 2.75) is 26.7 Å². The number of Topliss-reactive ketones (excluding diaryl/α,β-unsaturated/α-hetero) is 1. The van der Waals surface area contributed by atoms with Crippen LogP contribution in [0.3, 0.4) is 0 Å². The molecule has 0 aliphatic rings. The van der Waals surface area contributed by atoms with E-state index in [2.05, 4.69) is 80.2 Å². The molecule has 8 aromatic heterocycles. The Hall–Kier alpha value is -8.08. The lowest BCUT2D eigenvalue weighted by atomic mass is 10.0. The minimum absolute atomic E-state index is 0.0914. The third-order valence-electron chi connectivity index (χ3n) is 9.83. The first kappa shape index (κ1) is 36.6. The van der Waals surface area contributed by atoms with E-state index in [4.69, 9.17) is 5.21 Å². The van der Waals surface area contributed by atoms with Crippen LogP contribution in [0.5, 0.6) is 0 Å². The van der Waals surface area contributed by atoms with Crippen LogP contribution in [0, 0.1) is 0 Å². The van der Waals surface area contributed by atoms with Crippen molar-refractivity contribution < 1.29 is 10.0 Å². The van der Waals surface area contributed by atoms with Gasteiger partial charge in [-0.3, -0.25) is 24.1 Å². The second kappa shape index (κ2) is 15.1. The van der Waals surface area contributed by atoms with Crippen molar-refractivity contribution in [2.75, 3.05) is 0 Å². The van der Waals surface area contributed by atoms with Gasteiger partial charge >= 0.3 is 0 Å². The minimum atomic E-state index is -0.0914. The average Bonchev–Trinajstić information content (AvgIpc) is 4.08. The molecule has 17 nitrogen and oxygen atoms in total. The summed E-state index contributed by atoms with van der Waals surface area (Å²) in [5, 5.41) is 48.5. The lowest BCUT2D eigenvalue weighted by molar-refractivity contribution is 0.101. The van der Waals surface area contributed by atoms with Gasteiger partial charge in [0.1, 0.15) is 17.1 Å². The van der Waals surface area contributed by atoms with Gasteiger partial charge < -0.3 is 5.21 Å². The predicted octanol–water partition coefficient (Wildman–Crippen LogP) is 5.73. The van der Waals surface area contributed by atoms with Crippen molar-refractivity contribution >= 4 is 44.6 Å². The summed E-state index contributed by atoms with van der Waals surface area (Å²) in [6, 6.07) is 23.5. The summed E-state index contributed by atoms with van der Waals surface area (Å²) in [5.41, 5.74) is 10.7. The molecule has 17 heteroatoms. The summed E-state index contributed by atoms with van der Waals surface area (Å²) in [7, 11) is 3.79. The quantitative estimate of drug-likeness (QED) is 0.0852.